The molecule has 1 aliphatic rings. The molecule has 18 heavy (non-hydrogen) atoms. The predicted molar refractivity (Wildman–Crippen MR) is 73.5 cm³/mol. The number of carbonyl (C=O) groups excluding carboxylic acids is 2. The molecule has 6 heteroatoms. The van der Waals surface area contributed by atoms with Crippen molar-refractivity contribution in [3.8, 4) is 0 Å². The third-order valence-electron chi connectivity index (χ3n) is 2.70. The van der Waals surface area contributed by atoms with Gasteiger partial charge in [0.05, 0.1) is 12.2 Å². The number of fused-ring (bicyclic) bond motifs is 1. The molecule has 1 unspecified atom stereocenters. The predicted octanol–water partition coefficient (Wildman–Crippen LogP) is 2.40. The van der Waals surface area contributed by atoms with Crippen LogP contribution in [0.4, 0.5) is 0 Å². The molecule has 0 N–H and O–H groups in total. The van der Waals surface area contributed by atoms with Crippen molar-refractivity contribution in [1.29, 1.82) is 0 Å². The standard InChI is InChI=1S/C12H12BrNO3S/c1-2-17-9(15)6-14-11(16)10-7(12(14)18)4-3-5-8(10)13/h3-5,12,18H,2,6H2,1H3. The van der Waals surface area contributed by atoms with Crippen molar-refractivity contribution in [2.24, 2.45) is 0 Å². The first-order chi connectivity index (χ1) is 8.56. The monoisotopic (exact) mass is 329 g/mol. The van der Waals surface area contributed by atoms with Crippen LogP contribution in [0.25, 0.3) is 0 Å². The molecule has 1 atom stereocenters. The van der Waals surface area contributed by atoms with Crippen molar-refractivity contribution in [3.05, 3.63) is 33.8 Å². The van der Waals surface area contributed by atoms with Crippen molar-refractivity contribution in [1.82, 2.24) is 4.90 Å². The van der Waals surface area contributed by atoms with E-state index >= 15 is 0 Å². The third-order valence-corrected chi connectivity index (χ3v) is 3.92. The molecule has 0 fully saturated rings. The van der Waals surface area contributed by atoms with Gasteiger partial charge in [0.25, 0.3) is 5.91 Å². The average Bonchev–Trinajstić information content (AvgIpc) is 2.56. The number of amides is 1. The number of ether oxygens (including phenoxy) is 1. The number of nitrogens with zero attached hydrogens (tertiary/aromatic N) is 1. The third kappa shape index (κ3) is 2.27. The molecule has 0 radical (unpaired) electrons. The van der Waals surface area contributed by atoms with Crippen LogP contribution in [-0.4, -0.2) is 29.9 Å². The number of esters is 1. The SMILES string of the molecule is CCOC(=O)CN1C(=O)c2c(Br)cccc2C1S. The van der Waals surface area contributed by atoms with Crippen molar-refractivity contribution in [2.75, 3.05) is 13.2 Å². The van der Waals surface area contributed by atoms with E-state index in [2.05, 4.69) is 28.6 Å². The maximum Gasteiger partial charge on any atom is 0.325 e. The number of halogens is 1. The summed E-state index contributed by atoms with van der Waals surface area (Å²) in [6.45, 7) is 1.95. The second-order valence-electron chi connectivity index (χ2n) is 3.82. The maximum atomic E-state index is 12.2. The molecule has 0 saturated heterocycles. The Balaban J connectivity index is 2.26. The van der Waals surface area contributed by atoms with Crippen LogP contribution in [0.1, 0.15) is 28.2 Å². The largest absolute Gasteiger partial charge is 0.465 e. The fourth-order valence-corrected chi connectivity index (χ4v) is 2.86. The van der Waals surface area contributed by atoms with Crippen LogP contribution in [0, 0.1) is 0 Å². The van der Waals surface area contributed by atoms with Gasteiger partial charge < -0.3 is 9.64 Å². The van der Waals surface area contributed by atoms with E-state index < -0.39 is 11.3 Å². The van der Waals surface area contributed by atoms with E-state index in [1.54, 1.807) is 13.0 Å². The summed E-state index contributed by atoms with van der Waals surface area (Å²) in [5, 5.41) is -0.408. The summed E-state index contributed by atoms with van der Waals surface area (Å²) >= 11 is 7.73. The minimum Gasteiger partial charge on any atom is -0.465 e. The summed E-state index contributed by atoms with van der Waals surface area (Å²) in [6.07, 6.45) is 0. The summed E-state index contributed by atoms with van der Waals surface area (Å²) in [4.78, 5) is 25.1. The topological polar surface area (TPSA) is 46.6 Å². The summed E-state index contributed by atoms with van der Waals surface area (Å²) in [7, 11) is 0. The zero-order chi connectivity index (χ0) is 13.3. The lowest BCUT2D eigenvalue weighted by Gasteiger charge is -2.19. The molecular formula is C12H12BrNO3S. The van der Waals surface area contributed by atoms with Gasteiger partial charge in [-0.15, -0.1) is 12.6 Å². The van der Waals surface area contributed by atoms with Crippen LogP contribution in [0.2, 0.25) is 0 Å². The van der Waals surface area contributed by atoms with Crippen molar-refractivity contribution >= 4 is 40.4 Å². The van der Waals surface area contributed by atoms with Gasteiger partial charge in [-0.05, 0) is 34.5 Å². The van der Waals surface area contributed by atoms with E-state index in [0.29, 0.717) is 12.2 Å². The molecule has 96 valence electrons. The van der Waals surface area contributed by atoms with Gasteiger partial charge in [-0.3, -0.25) is 9.59 Å². The Labute approximate surface area is 119 Å². The Kier molecular flexibility index (Phi) is 3.97. The molecule has 1 heterocycles. The smallest absolute Gasteiger partial charge is 0.325 e. The first-order valence-electron chi connectivity index (χ1n) is 5.49. The van der Waals surface area contributed by atoms with Gasteiger partial charge >= 0.3 is 5.97 Å². The summed E-state index contributed by atoms with van der Waals surface area (Å²) < 4.78 is 5.57. The van der Waals surface area contributed by atoms with Gasteiger partial charge in [-0.1, -0.05) is 12.1 Å². The Morgan fingerprint density at radius 1 is 1.56 bits per heavy atom. The van der Waals surface area contributed by atoms with E-state index in [1.165, 1.54) is 4.90 Å². The van der Waals surface area contributed by atoms with Crippen LogP contribution >= 0.6 is 28.6 Å². The maximum absolute atomic E-state index is 12.2. The number of carbonyl (C=O) groups is 2. The summed E-state index contributed by atoms with van der Waals surface area (Å²) in [5.41, 5.74) is 1.38. The average molecular weight is 330 g/mol. The van der Waals surface area contributed by atoms with E-state index in [-0.39, 0.29) is 12.5 Å². The lowest BCUT2D eigenvalue weighted by Crippen LogP contribution is -2.32. The molecular weight excluding hydrogens is 318 g/mol. The lowest BCUT2D eigenvalue weighted by atomic mass is 10.1. The van der Waals surface area contributed by atoms with Gasteiger partial charge in [0, 0.05) is 4.47 Å². The molecule has 0 aliphatic carbocycles. The Hall–Kier alpha value is -1.01. The number of rotatable bonds is 3. The Bertz CT molecular complexity index is 506. The molecule has 0 spiro atoms. The fourth-order valence-electron chi connectivity index (χ4n) is 1.91. The highest BCUT2D eigenvalue weighted by atomic mass is 79.9. The minimum atomic E-state index is -0.422. The molecule has 0 bridgehead atoms. The molecule has 4 nitrogen and oxygen atoms in total. The Morgan fingerprint density at radius 3 is 2.89 bits per heavy atom. The first kappa shape index (κ1) is 13.4. The molecule has 0 saturated carbocycles. The molecule has 1 aromatic carbocycles. The van der Waals surface area contributed by atoms with Crippen LogP contribution in [0.3, 0.4) is 0 Å². The number of thiol groups is 1. The zero-order valence-electron chi connectivity index (χ0n) is 9.72. The highest BCUT2D eigenvalue weighted by Crippen LogP contribution is 2.39. The molecule has 0 aromatic heterocycles. The van der Waals surface area contributed by atoms with Gasteiger partial charge in [-0.2, -0.15) is 0 Å². The number of benzene rings is 1. The fraction of sp³-hybridized carbons (Fsp3) is 0.333. The van der Waals surface area contributed by atoms with E-state index in [1.807, 2.05) is 12.1 Å². The quantitative estimate of drug-likeness (QED) is 0.684. The minimum absolute atomic E-state index is 0.0814. The molecule has 1 aliphatic heterocycles. The van der Waals surface area contributed by atoms with Crippen molar-refractivity contribution < 1.29 is 14.3 Å². The van der Waals surface area contributed by atoms with Crippen molar-refractivity contribution in [2.45, 2.75) is 12.3 Å². The van der Waals surface area contributed by atoms with Crippen LogP contribution in [0.5, 0.6) is 0 Å². The first-order valence-corrected chi connectivity index (χ1v) is 6.80. The van der Waals surface area contributed by atoms with E-state index in [0.717, 1.165) is 10.0 Å². The second kappa shape index (κ2) is 5.32. The van der Waals surface area contributed by atoms with E-state index in [9.17, 15) is 9.59 Å². The highest BCUT2D eigenvalue weighted by molar-refractivity contribution is 9.10. The van der Waals surface area contributed by atoms with Gasteiger partial charge in [0.1, 0.15) is 11.9 Å². The van der Waals surface area contributed by atoms with Crippen LogP contribution < -0.4 is 0 Å². The summed E-state index contributed by atoms with van der Waals surface area (Å²) in [6, 6.07) is 5.47. The highest BCUT2D eigenvalue weighted by Gasteiger charge is 2.37. The van der Waals surface area contributed by atoms with Crippen LogP contribution in [-0.2, 0) is 9.53 Å². The molecule has 1 amide bonds. The Morgan fingerprint density at radius 2 is 2.28 bits per heavy atom. The van der Waals surface area contributed by atoms with Crippen LogP contribution in [0.15, 0.2) is 22.7 Å². The zero-order valence-corrected chi connectivity index (χ0v) is 12.2. The normalized spacial score (nSPS) is 17.8. The van der Waals surface area contributed by atoms with Gasteiger partial charge in [0.15, 0.2) is 0 Å². The van der Waals surface area contributed by atoms with E-state index in [4.69, 9.17) is 4.74 Å². The number of hydrogen-bond donors (Lipinski definition) is 1. The van der Waals surface area contributed by atoms with Crippen molar-refractivity contribution in [3.63, 3.8) is 0 Å². The second-order valence-corrected chi connectivity index (χ2v) is 5.16. The van der Waals surface area contributed by atoms with Gasteiger partial charge in [-0.25, -0.2) is 0 Å². The summed E-state index contributed by atoms with van der Waals surface area (Å²) in [5.74, 6) is -0.626. The van der Waals surface area contributed by atoms with Gasteiger partial charge in [0.2, 0.25) is 0 Å². The number of hydrogen-bond acceptors (Lipinski definition) is 4. The molecule has 1 aromatic rings. The molecule has 2 rings (SSSR count). The lowest BCUT2D eigenvalue weighted by molar-refractivity contribution is -0.143.